The Morgan fingerprint density at radius 3 is 3.12 bits per heavy atom. The molecule has 0 fully saturated rings. The SMILES string of the molecule is CC[C@@H](C)NC(=O)c1sccc1-n1cnnn1. The van der Waals surface area contributed by atoms with E-state index in [0.717, 1.165) is 6.42 Å². The Labute approximate surface area is 103 Å². The number of carbonyl (C=O) groups is 1. The van der Waals surface area contributed by atoms with Gasteiger partial charge >= 0.3 is 0 Å². The topological polar surface area (TPSA) is 72.7 Å². The van der Waals surface area contributed by atoms with Crippen molar-refractivity contribution in [1.29, 1.82) is 0 Å². The van der Waals surface area contributed by atoms with E-state index in [1.165, 1.54) is 22.3 Å². The van der Waals surface area contributed by atoms with Gasteiger partial charge in [0.05, 0.1) is 5.69 Å². The van der Waals surface area contributed by atoms with Crippen LogP contribution in [-0.4, -0.2) is 32.2 Å². The summed E-state index contributed by atoms with van der Waals surface area (Å²) in [5.41, 5.74) is 0.709. The zero-order valence-electron chi connectivity index (χ0n) is 9.62. The maximum Gasteiger partial charge on any atom is 0.263 e. The summed E-state index contributed by atoms with van der Waals surface area (Å²) in [5, 5.41) is 15.7. The summed E-state index contributed by atoms with van der Waals surface area (Å²) in [6.07, 6.45) is 2.37. The van der Waals surface area contributed by atoms with E-state index in [4.69, 9.17) is 0 Å². The molecule has 0 radical (unpaired) electrons. The second-order valence-electron chi connectivity index (χ2n) is 3.67. The second kappa shape index (κ2) is 5.05. The number of rotatable bonds is 4. The zero-order chi connectivity index (χ0) is 12.3. The quantitative estimate of drug-likeness (QED) is 0.887. The average molecular weight is 251 g/mol. The van der Waals surface area contributed by atoms with Gasteiger partial charge in [0.25, 0.3) is 5.91 Å². The van der Waals surface area contributed by atoms with Gasteiger partial charge in [-0.1, -0.05) is 6.92 Å². The van der Waals surface area contributed by atoms with Crippen LogP contribution < -0.4 is 5.32 Å². The number of tetrazole rings is 1. The molecule has 2 aromatic heterocycles. The molecule has 90 valence electrons. The average Bonchev–Trinajstić information content (AvgIpc) is 2.98. The molecule has 0 bridgehead atoms. The molecule has 0 aliphatic carbocycles. The van der Waals surface area contributed by atoms with Crippen molar-refractivity contribution in [1.82, 2.24) is 25.5 Å². The Bertz CT molecular complexity index is 493. The third-order valence-electron chi connectivity index (χ3n) is 2.44. The number of hydrogen-bond donors (Lipinski definition) is 1. The summed E-state index contributed by atoms with van der Waals surface area (Å²) >= 11 is 1.38. The van der Waals surface area contributed by atoms with Gasteiger partial charge < -0.3 is 5.32 Å². The van der Waals surface area contributed by atoms with Crippen LogP contribution in [0, 0.1) is 0 Å². The number of nitrogens with zero attached hydrogens (tertiary/aromatic N) is 4. The summed E-state index contributed by atoms with van der Waals surface area (Å²) in [7, 11) is 0. The highest BCUT2D eigenvalue weighted by Gasteiger charge is 2.16. The van der Waals surface area contributed by atoms with Gasteiger partial charge in [-0.15, -0.1) is 16.4 Å². The van der Waals surface area contributed by atoms with Crippen molar-refractivity contribution in [3.05, 3.63) is 22.7 Å². The molecule has 6 nitrogen and oxygen atoms in total. The van der Waals surface area contributed by atoms with Gasteiger partial charge in [0.2, 0.25) is 0 Å². The fraction of sp³-hybridized carbons (Fsp3) is 0.400. The van der Waals surface area contributed by atoms with Crippen LogP contribution in [0.5, 0.6) is 0 Å². The van der Waals surface area contributed by atoms with Crippen LogP contribution >= 0.6 is 11.3 Å². The molecule has 7 heteroatoms. The summed E-state index contributed by atoms with van der Waals surface area (Å²) in [6, 6.07) is 1.98. The molecular weight excluding hydrogens is 238 g/mol. The summed E-state index contributed by atoms with van der Waals surface area (Å²) in [4.78, 5) is 12.6. The molecule has 2 heterocycles. The number of thiophene rings is 1. The maximum atomic E-state index is 12.0. The van der Waals surface area contributed by atoms with E-state index < -0.39 is 0 Å². The number of nitrogens with one attached hydrogen (secondary N) is 1. The zero-order valence-corrected chi connectivity index (χ0v) is 10.4. The highest BCUT2D eigenvalue weighted by Crippen LogP contribution is 2.19. The minimum atomic E-state index is -0.0835. The molecule has 1 N–H and O–H groups in total. The standard InChI is InChI=1S/C10H13N5OS/c1-3-7(2)12-10(16)9-8(4-5-17-9)15-6-11-13-14-15/h4-7H,3H2,1-2H3,(H,12,16)/t7-/m1/s1. The molecule has 0 unspecified atom stereocenters. The minimum Gasteiger partial charge on any atom is -0.349 e. The largest absolute Gasteiger partial charge is 0.349 e. The Hall–Kier alpha value is -1.76. The number of amides is 1. The minimum absolute atomic E-state index is 0.0835. The van der Waals surface area contributed by atoms with Crippen LogP contribution in [0.2, 0.25) is 0 Å². The highest BCUT2D eigenvalue weighted by molar-refractivity contribution is 7.12. The molecule has 2 rings (SSSR count). The van der Waals surface area contributed by atoms with Gasteiger partial charge in [-0.25, -0.2) is 0 Å². The predicted octanol–water partition coefficient (Wildman–Crippen LogP) is 1.25. The first-order chi connectivity index (χ1) is 8.22. The van der Waals surface area contributed by atoms with Crippen molar-refractivity contribution in [2.45, 2.75) is 26.3 Å². The molecule has 1 amide bonds. The fourth-order valence-corrected chi connectivity index (χ4v) is 2.10. The molecular formula is C10H13N5OS. The van der Waals surface area contributed by atoms with Gasteiger partial charge in [0, 0.05) is 6.04 Å². The lowest BCUT2D eigenvalue weighted by Crippen LogP contribution is -2.31. The van der Waals surface area contributed by atoms with Crippen LogP contribution in [-0.2, 0) is 0 Å². The Kier molecular flexibility index (Phi) is 3.48. The maximum absolute atomic E-state index is 12.0. The first-order valence-corrected chi connectivity index (χ1v) is 6.22. The Morgan fingerprint density at radius 1 is 1.65 bits per heavy atom. The van der Waals surface area contributed by atoms with Crippen LogP contribution in [0.25, 0.3) is 5.69 Å². The molecule has 1 atom stereocenters. The molecule has 0 aliphatic rings. The van der Waals surface area contributed by atoms with Crippen LogP contribution in [0.15, 0.2) is 17.8 Å². The van der Waals surface area contributed by atoms with Crippen LogP contribution in [0.4, 0.5) is 0 Å². The molecule has 0 spiro atoms. The first kappa shape index (κ1) is 11.7. The molecule has 0 saturated carbocycles. The van der Waals surface area contributed by atoms with Gasteiger partial charge in [-0.05, 0) is 35.2 Å². The lowest BCUT2D eigenvalue weighted by molar-refractivity contribution is 0.0943. The van der Waals surface area contributed by atoms with E-state index in [1.54, 1.807) is 0 Å². The summed E-state index contributed by atoms with van der Waals surface area (Å²) < 4.78 is 1.49. The van der Waals surface area contributed by atoms with E-state index in [1.807, 2.05) is 25.3 Å². The molecule has 17 heavy (non-hydrogen) atoms. The van der Waals surface area contributed by atoms with E-state index in [2.05, 4.69) is 20.8 Å². The van der Waals surface area contributed by atoms with E-state index in [0.29, 0.717) is 10.6 Å². The van der Waals surface area contributed by atoms with E-state index >= 15 is 0 Å². The number of hydrogen-bond acceptors (Lipinski definition) is 5. The summed E-state index contributed by atoms with van der Waals surface area (Å²) in [5.74, 6) is -0.0835. The predicted molar refractivity (Wildman–Crippen MR) is 64.3 cm³/mol. The monoisotopic (exact) mass is 251 g/mol. The molecule has 0 aromatic carbocycles. The lowest BCUT2D eigenvalue weighted by atomic mass is 10.2. The van der Waals surface area contributed by atoms with Gasteiger partial charge in [-0.2, -0.15) is 4.68 Å². The highest BCUT2D eigenvalue weighted by atomic mass is 32.1. The van der Waals surface area contributed by atoms with Gasteiger partial charge in [0.1, 0.15) is 11.2 Å². The smallest absolute Gasteiger partial charge is 0.263 e. The number of carbonyl (C=O) groups excluding carboxylic acids is 1. The second-order valence-corrected chi connectivity index (χ2v) is 4.59. The first-order valence-electron chi connectivity index (χ1n) is 5.34. The van der Waals surface area contributed by atoms with Gasteiger partial charge in [-0.3, -0.25) is 4.79 Å². The van der Waals surface area contributed by atoms with Crippen molar-refractivity contribution in [2.75, 3.05) is 0 Å². The normalized spacial score (nSPS) is 12.4. The van der Waals surface area contributed by atoms with Crippen molar-refractivity contribution in [3.63, 3.8) is 0 Å². The third kappa shape index (κ3) is 2.50. The lowest BCUT2D eigenvalue weighted by Gasteiger charge is -2.11. The van der Waals surface area contributed by atoms with E-state index in [-0.39, 0.29) is 11.9 Å². The van der Waals surface area contributed by atoms with Crippen molar-refractivity contribution >= 4 is 17.2 Å². The van der Waals surface area contributed by atoms with Crippen LogP contribution in [0.3, 0.4) is 0 Å². The summed E-state index contributed by atoms with van der Waals surface area (Å²) in [6.45, 7) is 4.00. The number of aromatic nitrogens is 4. The Morgan fingerprint density at radius 2 is 2.47 bits per heavy atom. The van der Waals surface area contributed by atoms with Gasteiger partial charge in [0.15, 0.2) is 0 Å². The fourth-order valence-electron chi connectivity index (χ4n) is 1.32. The van der Waals surface area contributed by atoms with Crippen LogP contribution in [0.1, 0.15) is 29.9 Å². The van der Waals surface area contributed by atoms with Crippen molar-refractivity contribution < 1.29 is 4.79 Å². The Balaban J connectivity index is 2.22. The molecule has 2 aromatic rings. The van der Waals surface area contributed by atoms with Crippen molar-refractivity contribution in [3.8, 4) is 5.69 Å². The molecule has 0 saturated heterocycles. The molecule has 0 aliphatic heterocycles. The van der Waals surface area contributed by atoms with Crippen molar-refractivity contribution in [2.24, 2.45) is 0 Å². The van der Waals surface area contributed by atoms with E-state index in [9.17, 15) is 4.79 Å². The third-order valence-corrected chi connectivity index (χ3v) is 3.34.